The van der Waals surface area contributed by atoms with E-state index < -0.39 is 0 Å². The van der Waals surface area contributed by atoms with Gasteiger partial charge in [-0.15, -0.1) is 0 Å². The maximum atomic E-state index is 5.99. The van der Waals surface area contributed by atoms with Gasteiger partial charge in [0.2, 0.25) is 0 Å². The van der Waals surface area contributed by atoms with Crippen LogP contribution in [0.2, 0.25) is 5.02 Å². The lowest BCUT2D eigenvalue weighted by atomic mass is 10.1. The van der Waals surface area contributed by atoms with Crippen LogP contribution < -0.4 is 5.32 Å². The first kappa shape index (κ1) is 11.7. The molecule has 0 amide bonds. The number of para-hydroxylation sites is 1. The van der Waals surface area contributed by atoms with Crippen molar-refractivity contribution in [3.8, 4) is 0 Å². The van der Waals surface area contributed by atoms with E-state index in [9.17, 15) is 0 Å². The third-order valence-corrected chi connectivity index (χ3v) is 2.73. The van der Waals surface area contributed by atoms with Gasteiger partial charge in [-0.05, 0) is 42.8 Å². The van der Waals surface area contributed by atoms with E-state index in [0.717, 1.165) is 27.5 Å². The Bertz CT molecular complexity index is 532. The Hall–Kier alpha value is -1.73. The molecule has 0 bridgehead atoms. The van der Waals surface area contributed by atoms with E-state index in [2.05, 4.69) is 11.9 Å². The highest BCUT2D eigenvalue weighted by atomic mass is 35.5. The molecular weight excluding hydrogens is 230 g/mol. The predicted molar refractivity (Wildman–Crippen MR) is 75.9 cm³/mol. The Morgan fingerprint density at radius 2 is 1.82 bits per heavy atom. The van der Waals surface area contributed by atoms with Crippen molar-refractivity contribution in [1.29, 1.82) is 0 Å². The molecule has 0 unspecified atom stereocenters. The number of benzene rings is 2. The highest BCUT2D eigenvalue weighted by Crippen LogP contribution is 2.28. The molecule has 0 aromatic heterocycles. The summed E-state index contributed by atoms with van der Waals surface area (Å²) >= 11 is 5.99. The van der Waals surface area contributed by atoms with E-state index in [1.807, 2.05) is 55.5 Å². The van der Waals surface area contributed by atoms with Crippen LogP contribution in [0.1, 0.15) is 12.5 Å². The summed E-state index contributed by atoms with van der Waals surface area (Å²) in [4.78, 5) is 0. The second-order valence-electron chi connectivity index (χ2n) is 3.96. The van der Waals surface area contributed by atoms with Gasteiger partial charge in [0.1, 0.15) is 0 Å². The summed E-state index contributed by atoms with van der Waals surface area (Å²) in [5.74, 6) is 0. The van der Waals surface area contributed by atoms with Crippen molar-refractivity contribution in [2.24, 2.45) is 0 Å². The number of nitrogens with one attached hydrogen (secondary N) is 1. The molecule has 0 fully saturated rings. The molecule has 0 saturated heterocycles. The lowest BCUT2D eigenvalue weighted by Crippen LogP contribution is -1.94. The van der Waals surface area contributed by atoms with E-state index in [4.69, 9.17) is 11.6 Å². The Morgan fingerprint density at radius 3 is 2.47 bits per heavy atom. The second-order valence-corrected chi connectivity index (χ2v) is 4.40. The molecule has 0 saturated carbocycles. The predicted octanol–water partition coefficient (Wildman–Crippen LogP) is 5.12. The lowest BCUT2D eigenvalue weighted by Gasteiger charge is -2.12. The molecule has 0 atom stereocenters. The van der Waals surface area contributed by atoms with Gasteiger partial charge in [0.05, 0.1) is 0 Å². The third-order valence-electron chi connectivity index (χ3n) is 2.49. The van der Waals surface area contributed by atoms with Crippen LogP contribution in [0.25, 0.3) is 5.57 Å². The summed E-state index contributed by atoms with van der Waals surface area (Å²) in [5, 5.41) is 4.09. The topological polar surface area (TPSA) is 12.0 Å². The molecule has 0 aliphatic rings. The maximum Gasteiger partial charge on any atom is 0.0461 e. The van der Waals surface area contributed by atoms with Crippen molar-refractivity contribution in [3.05, 3.63) is 65.7 Å². The molecule has 0 aliphatic heterocycles. The number of hydrogen-bond acceptors (Lipinski definition) is 1. The minimum atomic E-state index is 0.724. The largest absolute Gasteiger partial charge is 0.355 e. The number of allylic oxidation sites excluding steroid dienone is 1. The van der Waals surface area contributed by atoms with Gasteiger partial charge in [-0.2, -0.15) is 0 Å². The van der Waals surface area contributed by atoms with Gasteiger partial charge < -0.3 is 5.32 Å². The van der Waals surface area contributed by atoms with Gasteiger partial charge in [-0.3, -0.25) is 0 Å². The van der Waals surface area contributed by atoms with Crippen molar-refractivity contribution >= 4 is 28.5 Å². The molecule has 86 valence electrons. The van der Waals surface area contributed by atoms with Crippen LogP contribution in [0.15, 0.2) is 55.1 Å². The molecule has 2 rings (SSSR count). The molecule has 0 radical (unpaired) electrons. The monoisotopic (exact) mass is 243 g/mol. The van der Waals surface area contributed by atoms with Gasteiger partial charge in [0.25, 0.3) is 0 Å². The van der Waals surface area contributed by atoms with E-state index in [1.165, 1.54) is 0 Å². The zero-order chi connectivity index (χ0) is 12.3. The van der Waals surface area contributed by atoms with Crippen LogP contribution in [-0.2, 0) is 0 Å². The molecule has 1 nitrogen and oxygen atoms in total. The number of halogens is 1. The second kappa shape index (κ2) is 5.07. The smallest absolute Gasteiger partial charge is 0.0461 e. The average molecular weight is 244 g/mol. The Labute approximate surface area is 107 Å². The fourth-order valence-corrected chi connectivity index (χ4v) is 1.83. The van der Waals surface area contributed by atoms with Gasteiger partial charge in [0, 0.05) is 22.0 Å². The molecule has 0 aliphatic carbocycles. The molecule has 2 heteroatoms. The zero-order valence-electron chi connectivity index (χ0n) is 9.70. The summed E-state index contributed by atoms with van der Waals surface area (Å²) in [6.45, 7) is 5.94. The van der Waals surface area contributed by atoms with E-state index in [0.29, 0.717) is 0 Å². The molecule has 0 spiro atoms. The summed E-state index contributed by atoms with van der Waals surface area (Å²) in [6.07, 6.45) is 0. The Balaban J connectivity index is 2.36. The highest BCUT2D eigenvalue weighted by molar-refractivity contribution is 6.30. The minimum Gasteiger partial charge on any atom is -0.355 e. The molecule has 2 aromatic carbocycles. The SMILES string of the molecule is C=C(C)c1cc(Cl)ccc1Nc1ccccc1. The molecular formula is C15H14ClN. The van der Waals surface area contributed by atoms with Crippen LogP contribution in [0.4, 0.5) is 11.4 Å². The van der Waals surface area contributed by atoms with Gasteiger partial charge in [-0.1, -0.05) is 36.4 Å². The fourth-order valence-electron chi connectivity index (χ4n) is 1.66. The van der Waals surface area contributed by atoms with Crippen LogP contribution >= 0.6 is 11.6 Å². The van der Waals surface area contributed by atoms with Crippen LogP contribution in [0.5, 0.6) is 0 Å². The van der Waals surface area contributed by atoms with Crippen molar-refractivity contribution in [2.75, 3.05) is 5.32 Å². The quantitative estimate of drug-likeness (QED) is 0.789. The van der Waals surface area contributed by atoms with Gasteiger partial charge in [-0.25, -0.2) is 0 Å². The van der Waals surface area contributed by atoms with Gasteiger partial charge in [0.15, 0.2) is 0 Å². The van der Waals surface area contributed by atoms with Crippen LogP contribution in [0.3, 0.4) is 0 Å². The highest BCUT2D eigenvalue weighted by Gasteiger charge is 2.04. The third kappa shape index (κ3) is 2.89. The number of rotatable bonds is 3. The van der Waals surface area contributed by atoms with Crippen LogP contribution in [-0.4, -0.2) is 0 Å². The first-order valence-corrected chi connectivity index (χ1v) is 5.82. The fraction of sp³-hybridized carbons (Fsp3) is 0.0667. The first-order chi connectivity index (χ1) is 8.16. The molecule has 2 aromatic rings. The molecule has 0 heterocycles. The zero-order valence-corrected chi connectivity index (χ0v) is 10.5. The van der Waals surface area contributed by atoms with E-state index in [1.54, 1.807) is 0 Å². The van der Waals surface area contributed by atoms with Crippen LogP contribution in [0, 0.1) is 0 Å². The average Bonchev–Trinajstić information content (AvgIpc) is 2.32. The summed E-state index contributed by atoms with van der Waals surface area (Å²) in [7, 11) is 0. The number of anilines is 2. The first-order valence-electron chi connectivity index (χ1n) is 5.44. The number of hydrogen-bond donors (Lipinski definition) is 1. The Kier molecular flexibility index (Phi) is 3.50. The standard InChI is InChI=1S/C15H14ClN/c1-11(2)14-10-12(16)8-9-15(14)17-13-6-4-3-5-7-13/h3-10,17H,1H2,2H3. The van der Waals surface area contributed by atoms with Crippen molar-refractivity contribution < 1.29 is 0 Å². The molecule has 17 heavy (non-hydrogen) atoms. The normalized spacial score (nSPS) is 10.0. The summed E-state index contributed by atoms with van der Waals surface area (Å²) in [5.41, 5.74) is 4.11. The maximum absolute atomic E-state index is 5.99. The van der Waals surface area contributed by atoms with E-state index in [-0.39, 0.29) is 0 Å². The Morgan fingerprint density at radius 1 is 1.12 bits per heavy atom. The van der Waals surface area contributed by atoms with Crippen molar-refractivity contribution in [3.63, 3.8) is 0 Å². The summed E-state index contributed by atoms with van der Waals surface area (Å²) in [6, 6.07) is 15.8. The van der Waals surface area contributed by atoms with E-state index >= 15 is 0 Å². The van der Waals surface area contributed by atoms with Crippen molar-refractivity contribution in [2.45, 2.75) is 6.92 Å². The summed E-state index contributed by atoms with van der Waals surface area (Å²) < 4.78 is 0. The lowest BCUT2D eigenvalue weighted by molar-refractivity contribution is 1.50. The molecule has 1 N–H and O–H groups in total. The van der Waals surface area contributed by atoms with Crippen molar-refractivity contribution in [1.82, 2.24) is 0 Å². The minimum absolute atomic E-state index is 0.724. The van der Waals surface area contributed by atoms with Gasteiger partial charge >= 0.3 is 0 Å².